The lowest BCUT2D eigenvalue weighted by molar-refractivity contribution is 0.0287. The molecular weight excluding hydrogens is 1060 g/mol. The number of sulfonamides is 2. The van der Waals surface area contributed by atoms with Crippen LogP contribution in [0.4, 0.5) is 9.59 Å². The highest BCUT2D eigenvalue weighted by atomic mass is 127. The summed E-state index contributed by atoms with van der Waals surface area (Å²) in [6, 6.07) is 30.1. The number of ether oxygens (including phenoxy) is 5. The van der Waals surface area contributed by atoms with Gasteiger partial charge in [-0.25, -0.2) is 31.1 Å². The Morgan fingerprint density at radius 1 is 0.729 bits per heavy atom. The Morgan fingerprint density at radius 2 is 1.27 bits per heavy atom. The van der Waals surface area contributed by atoms with Gasteiger partial charge in [0.1, 0.15) is 39.2 Å². The third-order valence-electron chi connectivity index (χ3n) is 10.9. The lowest BCUT2D eigenvalue weighted by atomic mass is 10.2. The lowest BCUT2D eigenvalue weighted by Gasteiger charge is -2.26. The first-order valence-electron chi connectivity index (χ1n) is 21.8. The molecule has 0 spiro atoms. The summed E-state index contributed by atoms with van der Waals surface area (Å²) in [7, 11) is -5.24. The van der Waals surface area contributed by atoms with E-state index in [0.29, 0.717) is 37.5 Å². The van der Waals surface area contributed by atoms with Gasteiger partial charge in [-0.2, -0.15) is 9.10 Å². The summed E-state index contributed by atoms with van der Waals surface area (Å²) in [5.74, 6) is 1.57. The Balaban J connectivity index is 1.33. The molecule has 1 fully saturated rings. The number of tetrazole rings is 1. The molecule has 1 aliphatic heterocycles. The van der Waals surface area contributed by atoms with E-state index >= 15 is 16.8 Å². The molecule has 5 aromatic carbocycles. The van der Waals surface area contributed by atoms with Gasteiger partial charge in [-0.3, -0.25) is 0 Å². The third kappa shape index (κ3) is 12.9. The number of carbonyl (C=O) groups excluding carboxylic acids is 2. The monoisotopic (exact) mass is 1110 g/mol. The molecule has 2 amide bonds. The molecule has 70 heavy (non-hydrogen) atoms. The Hall–Kier alpha value is -6.34. The second-order valence-electron chi connectivity index (χ2n) is 17.1. The zero-order valence-electron chi connectivity index (χ0n) is 39.2. The molecule has 19 nitrogen and oxygen atoms in total. The summed E-state index contributed by atoms with van der Waals surface area (Å²) in [6.45, 7) is 4.25. The molecule has 0 radical (unpaired) electrons. The number of alkyl carbamates (subject to hydrolysis) is 1. The van der Waals surface area contributed by atoms with Gasteiger partial charge < -0.3 is 33.9 Å². The topological polar surface area (TPSA) is 223 Å². The van der Waals surface area contributed by atoms with Gasteiger partial charge in [-0.15, -0.1) is 10.2 Å². The number of halogens is 1. The summed E-state index contributed by atoms with van der Waals surface area (Å²) >= 11 is 1.92. The number of carbonyl (C=O) groups is 2. The van der Waals surface area contributed by atoms with Crippen LogP contribution in [0.1, 0.15) is 43.0 Å². The van der Waals surface area contributed by atoms with Crippen molar-refractivity contribution in [2.24, 2.45) is 0 Å². The number of hydrogen-bond acceptors (Lipinski definition) is 14. The van der Waals surface area contributed by atoms with Gasteiger partial charge in [0.05, 0.1) is 45.5 Å². The number of nitrogens with one attached hydrogen (secondary N) is 2. The maximum Gasteiger partial charge on any atom is 0.410 e. The van der Waals surface area contributed by atoms with Crippen LogP contribution in [-0.2, 0) is 55.8 Å². The quantitative estimate of drug-likeness (QED) is 0.0866. The predicted octanol–water partition coefficient (Wildman–Crippen LogP) is 6.60. The molecule has 1 aliphatic rings. The Kier molecular flexibility index (Phi) is 16.3. The average molecular weight is 1110 g/mol. The van der Waals surface area contributed by atoms with E-state index in [1.165, 1.54) is 40.4 Å². The van der Waals surface area contributed by atoms with Crippen LogP contribution in [0.25, 0.3) is 11.4 Å². The van der Waals surface area contributed by atoms with E-state index in [-0.39, 0.29) is 50.7 Å². The third-order valence-corrected chi connectivity index (χ3v) is 15.4. The second kappa shape index (κ2) is 22.2. The highest BCUT2D eigenvalue weighted by Crippen LogP contribution is 2.38. The average Bonchev–Trinajstić information content (AvgIpc) is 3.97. The van der Waals surface area contributed by atoms with Crippen molar-refractivity contribution in [3.8, 4) is 28.6 Å². The number of rotatable bonds is 18. The summed E-state index contributed by atoms with van der Waals surface area (Å²) in [5, 5.41) is 15.8. The molecule has 2 atom stereocenters. The Labute approximate surface area is 420 Å². The summed E-state index contributed by atoms with van der Waals surface area (Å²) < 4.78 is 93.2. The van der Waals surface area contributed by atoms with Crippen molar-refractivity contribution >= 4 is 54.8 Å². The number of benzene rings is 5. The smallest absolute Gasteiger partial charge is 0.410 e. The normalized spacial score (nSPS) is 15.1. The van der Waals surface area contributed by atoms with Crippen LogP contribution in [0.5, 0.6) is 17.2 Å². The van der Waals surface area contributed by atoms with E-state index in [9.17, 15) is 9.59 Å². The molecule has 1 saturated heterocycles. The fourth-order valence-electron chi connectivity index (χ4n) is 7.47. The number of methoxy groups -OCH3 is 3. The highest BCUT2D eigenvalue weighted by molar-refractivity contribution is 14.1. The van der Waals surface area contributed by atoms with E-state index in [1.54, 1.807) is 113 Å². The molecule has 0 saturated carbocycles. The van der Waals surface area contributed by atoms with Gasteiger partial charge in [0.25, 0.3) is 0 Å². The molecule has 0 bridgehead atoms. The summed E-state index contributed by atoms with van der Waals surface area (Å²) in [6.07, 6.45) is -1.63. The molecule has 0 aliphatic carbocycles. The van der Waals surface area contributed by atoms with Crippen LogP contribution in [0.3, 0.4) is 0 Å². The van der Waals surface area contributed by atoms with Gasteiger partial charge in [0.2, 0.25) is 25.9 Å². The number of amides is 2. The van der Waals surface area contributed by atoms with Gasteiger partial charge in [0.15, 0.2) is 0 Å². The van der Waals surface area contributed by atoms with E-state index in [0.717, 1.165) is 5.56 Å². The first-order chi connectivity index (χ1) is 33.3. The van der Waals surface area contributed by atoms with E-state index < -0.39 is 59.7 Å². The molecular formula is C48H53IN8O11S2. The van der Waals surface area contributed by atoms with Crippen molar-refractivity contribution in [2.75, 3.05) is 34.4 Å². The zero-order valence-corrected chi connectivity index (χ0v) is 43.0. The maximum absolute atomic E-state index is 15.8. The largest absolute Gasteiger partial charge is 0.497 e. The zero-order chi connectivity index (χ0) is 50.2. The number of likely N-dealkylation sites (tertiary alicyclic amines) is 1. The van der Waals surface area contributed by atoms with Gasteiger partial charge >= 0.3 is 12.2 Å². The molecule has 1 aromatic heterocycles. The van der Waals surface area contributed by atoms with Crippen molar-refractivity contribution < 1.29 is 50.1 Å². The minimum Gasteiger partial charge on any atom is -0.497 e. The highest BCUT2D eigenvalue weighted by Gasteiger charge is 2.43. The fraction of sp³-hybridized carbons (Fsp3) is 0.312. The summed E-state index contributed by atoms with van der Waals surface area (Å²) in [4.78, 5) is 28.0. The maximum atomic E-state index is 15.8. The number of hydrogen-bond donors (Lipinski definition) is 2. The van der Waals surface area contributed by atoms with Crippen molar-refractivity contribution in [2.45, 2.75) is 74.5 Å². The first-order valence-corrected chi connectivity index (χ1v) is 25.8. The van der Waals surface area contributed by atoms with Crippen molar-refractivity contribution in [1.29, 1.82) is 0 Å². The van der Waals surface area contributed by atoms with Gasteiger partial charge in [0, 0.05) is 29.7 Å². The van der Waals surface area contributed by atoms with Crippen molar-refractivity contribution in [3.63, 3.8) is 0 Å². The molecule has 2 N–H and O–H groups in total. The van der Waals surface area contributed by atoms with E-state index in [2.05, 4.69) is 25.4 Å². The van der Waals surface area contributed by atoms with Crippen LogP contribution < -0.4 is 24.2 Å². The van der Waals surface area contributed by atoms with Gasteiger partial charge in [-0.05, 0) is 119 Å². The molecule has 2 heterocycles. The van der Waals surface area contributed by atoms with Crippen LogP contribution in [-0.4, -0.2) is 111 Å². The molecule has 0 unspecified atom stereocenters. The van der Waals surface area contributed by atoms with E-state index in [4.69, 9.17) is 23.7 Å². The molecule has 22 heteroatoms. The Morgan fingerprint density at radius 3 is 1.81 bits per heavy atom. The fourth-order valence-corrected chi connectivity index (χ4v) is 12.0. The molecule has 370 valence electrons. The minimum atomic E-state index is -4.92. The lowest BCUT2D eigenvalue weighted by Crippen LogP contribution is -2.51. The summed E-state index contributed by atoms with van der Waals surface area (Å²) in [5.41, 5.74) is 1.60. The molecule has 6 aromatic rings. The second-order valence-corrected chi connectivity index (χ2v) is 21.9. The predicted molar refractivity (Wildman–Crippen MR) is 266 cm³/mol. The van der Waals surface area contributed by atoms with Crippen molar-refractivity contribution in [1.82, 2.24) is 39.5 Å². The van der Waals surface area contributed by atoms with Crippen LogP contribution in [0.2, 0.25) is 0 Å². The minimum absolute atomic E-state index is 0.0828. The van der Waals surface area contributed by atoms with Gasteiger partial charge in [-0.1, -0.05) is 66.7 Å². The number of nitrogens with zero attached hydrogens (tertiary/aromatic N) is 6. The standard InChI is InChI=1S/C48H53IN8O11S2/c1-48(2,3)68-47(59)55-29-40(50-46(58)67-31-35-10-8-7-9-11-35)41(30-55)53-69(60,61)42-25-24-39(49)43(45-51-54-57(52-45)28-34-16-22-38(66-6)23-17-34)44(42)70(62,63)56(26-32-12-18-36(64-4)19-13-32)27-33-14-20-37(65-5)21-15-33/h7-25,40-41,53H,26-31H2,1-6H3,(H,50,58)/t40-,41+/m0/s1. The molecule has 7 rings (SSSR count). The Bertz CT molecular complexity index is 2940. The first kappa shape index (κ1) is 51.5. The number of aromatic nitrogens is 4. The van der Waals surface area contributed by atoms with Crippen LogP contribution >= 0.6 is 22.6 Å². The van der Waals surface area contributed by atoms with Crippen LogP contribution in [0, 0.1) is 3.57 Å². The van der Waals surface area contributed by atoms with Crippen LogP contribution in [0.15, 0.2) is 125 Å². The van der Waals surface area contributed by atoms with E-state index in [1.807, 2.05) is 40.8 Å². The van der Waals surface area contributed by atoms with Crippen molar-refractivity contribution in [3.05, 3.63) is 141 Å². The SMILES string of the molecule is COc1ccc(CN(Cc2ccc(OC)cc2)S(=O)(=O)c2c(S(=O)(=O)N[C@@H]3CN(C(=O)OC(C)(C)C)C[C@@H]3NC(=O)OCc3ccccc3)ccc(I)c2-c2nnn(Cc3ccc(OC)cc3)n2)cc1.